The number of imidazole rings is 1. The minimum absolute atomic E-state index is 0.670. The van der Waals surface area contributed by atoms with Gasteiger partial charge in [-0.15, -0.1) is 0 Å². The second-order valence-electron chi connectivity index (χ2n) is 2.15. The number of primary amides is 1. The van der Waals surface area contributed by atoms with Crippen molar-refractivity contribution in [2.24, 2.45) is 10.8 Å². The van der Waals surface area contributed by atoms with Gasteiger partial charge < -0.3 is 10.7 Å². The second kappa shape index (κ2) is 3.51. The Morgan fingerprint density at radius 2 is 2.67 bits per heavy atom. The van der Waals surface area contributed by atoms with E-state index in [0.717, 1.165) is 5.69 Å². The van der Waals surface area contributed by atoms with Crippen LogP contribution in [0.25, 0.3) is 0 Å². The number of hydrogen-bond acceptors (Lipinski definition) is 3. The minimum atomic E-state index is -0.695. The number of rotatable bonds is 2. The van der Waals surface area contributed by atoms with Gasteiger partial charge in [-0.1, -0.05) is 0 Å². The van der Waals surface area contributed by atoms with Gasteiger partial charge in [-0.3, -0.25) is 0 Å². The van der Waals surface area contributed by atoms with Crippen LogP contribution < -0.4 is 11.2 Å². The van der Waals surface area contributed by atoms with E-state index in [1.807, 2.05) is 6.92 Å². The normalized spacial score (nSPS) is 10.4. The molecule has 1 heterocycles. The molecule has 0 saturated carbocycles. The van der Waals surface area contributed by atoms with Crippen LogP contribution in [0.2, 0.25) is 0 Å². The van der Waals surface area contributed by atoms with Crippen LogP contribution in [0.1, 0.15) is 11.4 Å². The van der Waals surface area contributed by atoms with Crippen LogP contribution in [-0.4, -0.2) is 22.2 Å². The van der Waals surface area contributed by atoms with E-state index in [0.29, 0.717) is 5.69 Å². The minimum Gasteiger partial charge on any atom is -0.350 e. The number of H-pyrrole nitrogens is 1. The van der Waals surface area contributed by atoms with E-state index in [1.165, 1.54) is 6.21 Å². The summed E-state index contributed by atoms with van der Waals surface area (Å²) in [5, 5.41) is 3.54. The molecule has 0 unspecified atom stereocenters. The number of aryl methyl sites for hydroxylation is 1. The maximum Gasteiger partial charge on any atom is 0.332 e. The van der Waals surface area contributed by atoms with Crippen molar-refractivity contribution in [2.75, 3.05) is 0 Å². The first-order valence-corrected chi connectivity index (χ1v) is 3.28. The first-order chi connectivity index (χ1) is 5.70. The van der Waals surface area contributed by atoms with E-state index in [1.54, 1.807) is 6.33 Å². The lowest BCUT2D eigenvalue weighted by atomic mass is 10.4. The highest BCUT2D eigenvalue weighted by Gasteiger charge is 1.95. The van der Waals surface area contributed by atoms with Gasteiger partial charge in [0.1, 0.15) is 5.69 Å². The van der Waals surface area contributed by atoms with Crippen molar-refractivity contribution < 1.29 is 4.79 Å². The molecule has 0 aliphatic carbocycles. The molecule has 1 aromatic heterocycles. The molecule has 6 heteroatoms. The monoisotopic (exact) mass is 167 g/mol. The van der Waals surface area contributed by atoms with Crippen molar-refractivity contribution in [3.05, 3.63) is 17.7 Å². The fourth-order valence-electron chi connectivity index (χ4n) is 0.657. The molecule has 0 fully saturated rings. The average Bonchev–Trinajstić information content (AvgIpc) is 2.36. The molecule has 0 aliphatic rings. The van der Waals surface area contributed by atoms with Gasteiger partial charge >= 0.3 is 6.03 Å². The van der Waals surface area contributed by atoms with Crippen LogP contribution in [0.5, 0.6) is 0 Å². The fraction of sp³-hybridized carbons (Fsp3) is 0.167. The van der Waals surface area contributed by atoms with E-state index in [9.17, 15) is 4.79 Å². The molecule has 4 N–H and O–H groups in total. The molecule has 0 aromatic carbocycles. The van der Waals surface area contributed by atoms with Crippen LogP contribution in [0.15, 0.2) is 11.4 Å². The molecule has 1 aromatic rings. The third-order valence-corrected chi connectivity index (χ3v) is 1.23. The maximum absolute atomic E-state index is 10.2. The number of carbonyl (C=O) groups excluding carboxylic acids is 1. The van der Waals surface area contributed by atoms with E-state index in [2.05, 4.69) is 20.5 Å². The van der Waals surface area contributed by atoms with E-state index >= 15 is 0 Å². The molecule has 0 radical (unpaired) electrons. The first-order valence-electron chi connectivity index (χ1n) is 3.28. The second-order valence-corrected chi connectivity index (χ2v) is 2.15. The molecular weight excluding hydrogens is 158 g/mol. The van der Waals surface area contributed by atoms with Crippen molar-refractivity contribution in [3.63, 3.8) is 0 Å². The molecule has 0 atom stereocenters. The summed E-state index contributed by atoms with van der Waals surface area (Å²) in [5.41, 5.74) is 8.39. The third kappa shape index (κ3) is 2.08. The summed E-state index contributed by atoms with van der Waals surface area (Å²) in [4.78, 5) is 17.0. The number of amides is 2. The fourth-order valence-corrected chi connectivity index (χ4v) is 0.657. The van der Waals surface area contributed by atoms with Crippen LogP contribution in [0.3, 0.4) is 0 Å². The highest BCUT2D eigenvalue weighted by Crippen LogP contribution is 1.94. The molecule has 1 rings (SSSR count). The molecule has 2 amide bonds. The lowest BCUT2D eigenvalue weighted by molar-refractivity contribution is 0.249. The van der Waals surface area contributed by atoms with E-state index in [4.69, 9.17) is 5.73 Å². The van der Waals surface area contributed by atoms with Crippen LogP contribution in [-0.2, 0) is 0 Å². The SMILES string of the molecule is Cc1[nH]cnc1/C=N/NC(N)=O. The quantitative estimate of drug-likeness (QED) is 0.417. The Morgan fingerprint density at radius 3 is 3.17 bits per heavy atom. The summed E-state index contributed by atoms with van der Waals surface area (Å²) in [6, 6.07) is -0.695. The van der Waals surface area contributed by atoms with Crippen molar-refractivity contribution in [2.45, 2.75) is 6.92 Å². The number of nitrogens with two attached hydrogens (primary N) is 1. The molecule has 0 saturated heterocycles. The lowest BCUT2D eigenvalue weighted by Crippen LogP contribution is -2.24. The number of hydrogen-bond donors (Lipinski definition) is 3. The summed E-state index contributed by atoms with van der Waals surface area (Å²) < 4.78 is 0. The van der Waals surface area contributed by atoms with Crippen molar-refractivity contribution >= 4 is 12.2 Å². The van der Waals surface area contributed by atoms with Gasteiger partial charge in [0.15, 0.2) is 0 Å². The summed E-state index contributed by atoms with van der Waals surface area (Å²) in [6.45, 7) is 1.85. The van der Waals surface area contributed by atoms with Gasteiger partial charge in [0.25, 0.3) is 0 Å². The molecule has 0 spiro atoms. The Hall–Kier alpha value is -1.85. The molecule has 64 valence electrons. The van der Waals surface area contributed by atoms with Gasteiger partial charge in [0.2, 0.25) is 0 Å². The van der Waals surface area contributed by atoms with Gasteiger partial charge in [-0.25, -0.2) is 15.2 Å². The Morgan fingerprint density at radius 1 is 1.92 bits per heavy atom. The maximum atomic E-state index is 10.2. The number of urea groups is 1. The Labute approximate surface area is 68.9 Å². The molecule has 0 aliphatic heterocycles. The number of nitrogens with one attached hydrogen (secondary N) is 2. The first kappa shape index (κ1) is 8.25. The van der Waals surface area contributed by atoms with E-state index < -0.39 is 6.03 Å². The van der Waals surface area contributed by atoms with Gasteiger partial charge in [-0.05, 0) is 6.92 Å². The number of carbonyl (C=O) groups is 1. The molecule has 0 bridgehead atoms. The van der Waals surface area contributed by atoms with Crippen LogP contribution in [0, 0.1) is 6.92 Å². The highest BCUT2D eigenvalue weighted by atomic mass is 16.2. The molecular formula is C6H9N5O. The van der Waals surface area contributed by atoms with Gasteiger partial charge in [0.05, 0.1) is 12.5 Å². The number of aromatic nitrogens is 2. The zero-order chi connectivity index (χ0) is 8.97. The number of hydrazone groups is 1. The summed E-state index contributed by atoms with van der Waals surface area (Å²) in [6.07, 6.45) is 2.96. The standard InChI is InChI=1S/C6H9N5O/c1-4-5(9-3-8-4)2-10-11-6(7)12/h2-3H,1H3,(H,8,9)(H3,7,11,12)/b10-2+. The highest BCUT2D eigenvalue weighted by molar-refractivity contribution is 5.80. The van der Waals surface area contributed by atoms with Gasteiger partial charge in [-0.2, -0.15) is 5.10 Å². The molecule has 6 nitrogen and oxygen atoms in total. The van der Waals surface area contributed by atoms with Crippen molar-refractivity contribution in [3.8, 4) is 0 Å². The molecule has 12 heavy (non-hydrogen) atoms. The average molecular weight is 167 g/mol. The smallest absolute Gasteiger partial charge is 0.332 e. The zero-order valence-corrected chi connectivity index (χ0v) is 6.53. The number of nitrogens with zero attached hydrogens (tertiary/aromatic N) is 2. The van der Waals surface area contributed by atoms with Crippen molar-refractivity contribution in [1.29, 1.82) is 0 Å². The van der Waals surface area contributed by atoms with E-state index in [-0.39, 0.29) is 0 Å². The summed E-state index contributed by atoms with van der Waals surface area (Å²) >= 11 is 0. The number of aromatic amines is 1. The third-order valence-electron chi connectivity index (χ3n) is 1.23. The van der Waals surface area contributed by atoms with Crippen molar-refractivity contribution in [1.82, 2.24) is 15.4 Å². The van der Waals surface area contributed by atoms with Crippen LogP contribution in [0.4, 0.5) is 4.79 Å². The van der Waals surface area contributed by atoms with Crippen LogP contribution >= 0.6 is 0 Å². The Balaban J connectivity index is 2.57. The Bertz CT molecular complexity index is 303. The lowest BCUT2D eigenvalue weighted by Gasteiger charge is -1.89. The predicted molar refractivity (Wildman–Crippen MR) is 43.6 cm³/mol. The van der Waals surface area contributed by atoms with Gasteiger partial charge in [0, 0.05) is 5.69 Å². The summed E-state index contributed by atoms with van der Waals surface area (Å²) in [7, 11) is 0. The summed E-state index contributed by atoms with van der Waals surface area (Å²) in [5.74, 6) is 0. The largest absolute Gasteiger partial charge is 0.350 e. The topological polar surface area (TPSA) is 96.2 Å². The predicted octanol–water partition coefficient (Wildman–Crippen LogP) is -0.280. The Kier molecular flexibility index (Phi) is 2.42. The zero-order valence-electron chi connectivity index (χ0n) is 6.53.